The second-order valence-corrected chi connectivity index (χ2v) is 15.7. The zero-order chi connectivity index (χ0) is 35.0. The number of sulfonamides is 2. The fraction of sp³-hybridized carbons (Fsp3) is 0.400. The number of fused-ring (bicyclic) bond motifs is 3. The highest BCUT2D eigenvalue weighted by molar-refractivity contribution is 7.89. The molecule has 1 saturated carbocycles. The minimum atomic E-state index is -4.80. The number of nitro groups is 2. The molecule has 1 aliphatic heterocycles. The maximum atomic E-state index is 14.3. The number of pyridine rings is 1. The van der Waals surface area contributed by atoms with Crippen LogP contribution in [-0.2, 0) is 37.9 Å². The smallest absolute Gasteiger partial charge is 0.289 e. The van der Waals surface area contributed by atoms with Gasteiger partial charge in [0.15, 0.2) is 9.79 Å². The maximum Gasteiger partial charge on any atom is 0.289 e. The van der Waals surface area contributed by atoms with Gasteiger partial charge in [-0.25, -0.2) is 16.8 Å². The Labute approximate surface area is 277 Å². The summed E-state index contributed by atoms with van der Waals surface area (Å²) in [7, 11) is -9.46. The van der Waals surface area contributed by atoms with Gasteiger partial charge in [0.25, 0.3) is 31.4 Å². The second kappa shape index (κ2) is 13.5. The Morgan fingerprint density at radius 1 is 0.771 bits per heavy atom. The van der Waals surface area contributed by atoms with E-state index in [9.17, 15) is 47.1 Å². The van der Waals surface area contributed by atoms with E-state index in [0.29, 0.717) is 24.0 Å². The largest absolute Gasteiger partial charge is 0.618 e. The average Bonchev–Trinajstić information content (AvgIpc) is 3.04. The summed E-state index contributed by atoms with van der Waals surface area (Å²) in [6.07, 6.45) is 1.65. The number of hydrogen-bond acceptors (Lipinski definition) is 10. The normalized spacial score (nSPS) is 21.4. The van der Waals surface area contributed by atoms with Gasteiger partial charge in [0, 0.05) is 36.3 Å². The monoisotopic (exact) mass is 702 g/mol. The van der Waals surface area contributed by atoms with Gasteiger partial charge in [-0.05, 0) is 37.0 Å². The summed E-state index contributed by atoms with van der Waals surface area (Å²) in [4.78, 5) is 35.1. The van der Waals surface area contributed by atoms with Crippen molar-refractivity contribution in [2.45, 2.75) is 80.5 Å². The minimum absolute atomic E-state index is 0.102. The fourth-order valence-electron chi connectivity index (χ4n) is 6.42. The molecule has 5 rings (SSSR count). The Hall–Kier alpha value is -4.52. The summed E-state index contributed by atoms with van der Waals surface area (Å²) in [6.45, 7) is 1.94. The van der Waals surface area contributed by atoms with Gasteiger partial charge in [-0.1, -0.05) is 51.0 Å². The van der Waals surface area contributed by atoms with Crippen molar-refractivity contribution in [3.8, 4) is 0 Å². The predicted octanol–water partition coefficient (Wildman–Crippen LogP) is 2.98. The van der Waals surface area contributed by atoms with E-state index in [2.05, 4.69) is 5.32 Å². The number of para-hydroxylation sites is 2. The molecule has 1 amide bonds. The van der Waals surface area contributed by atoms with Crippen LogP contribution >= 0.6 is 0 Å². The van der Waals surface area contributed by atoms with Crippen molar-refractivity contribution in [2.75, 3.05) is 0 Å². The van der Waals surface area contributed by atoms with Crippen molar-refractivity contribution in [2.24, 2.45) is 5.92 Å². The molecule has 48 heavy (non-hydrogen) atoms. The molecule has 1 N–H and O–H groups in total. The number of benzene rings is 2. The molecule has 1 aliphatic carbocycles. The summed E-state index contributed by atoms with van der Waals surface area (Å²) < 4.78 is 59.4. The van der Waals surface area contributed by atoms with E-state index in [4.69, 9.17) is 0 Å². The highest BCUT2D eigenvalue weighted by Gasteiger charge is 2.46. The molecule has 1 aromatic heterocycles. The van der Waals surface area contributed by atoms with Gasteiger partial charge in [0.2, 0.25) is 17.3 Å². The Balaban J connectivity index is 1.73. The first-order valence-corrected chi connectivity index (χ1v) is 18.1. The first-order valence-electron chi connectivity index (χ1n) is 15.2. The lowest BCUT2D eigenvalue weighted by atomic mass is 9.89. The molecule has 0 spiro atoms. The molecule has 0 unspecified atom stereocenters. The average molecular weight is 703 g/mol. The first kappa shape index (κ1) is 34.8. The lowest BCUT2D eigenvalue weighted by Gasteiger charge is -2.41. The van der Waals surface area contributed by atoms with E-state index >= 15 is 0 Å². The highest BCUT2D eigenvalue weighted by atomic mass is 32.2. The van der Waals surface area contributed by atoms with Crippen LogP contribution in [0.2, 0.25) is 0 Å². The number of carbonyl (C=O) groups is 1. The van der Waals surface area contributed by atoms with Crippen molar-refractivity contribution < 1.29 is 36.2 Å². The first-order chi connectivity index (χ1) is 22.7. The number of hydrogen-bond donors (Lipinski definition) is 1. The van der Waals surface area contributed by atoms with Gasteiger partial charge in [-0.3, -0.25) is 25.0 Å². The minimum Gasteiger partial charge on any atom is -0.618 e. The summed E-state index contributed by atoms with van der Waals surface area (Å²) in [5.74, 6) is -1.51. The van der Waals surface area contributed by atoms with Gasteiger partial charge >= 0.3 is 0 Å². The predicted molar refractivity (Wildman–Crippen MR) is 170 cm³/mol. The van der Waals surface area contributed by atoms with E-state index in [-0.39, 0.29) is 17.8 Å². The Morgan fingerprint density at radius 3 is 1.77 bits per heavy atom. The molecule has 2 heterocycles. The third-order valence-electron chi connectivity index (χ3n) is 8.67. The molecule has 3 atom stereocenters. The van der Waals surface area contributed by atoms with Crippen LogP contribution in [0.1, 0.15) is 50.9 Å². The van der Waals surface area contributed by atoms with Crippen LogP contribution in [0, 0.1) is 31.4 Å². The number of nitrogens with one attached hydrogen (secondary N) is 1. The molecular formula is C30H34N6O10S2. The molecule has 1 fully saturated rings. The van der Waals surface area contributed by atoms with E-state index < -0.39 is 94.1 Å². The fourth-order valence-corrected chi connectivity index (χ4v) is 10.1. The van der Waals surface area contributed by atoms with Crippen molar-refractivity contribution in [1.29, 1.82) is 0 Å². The van der Waals surface area contributed by atoms with Crippen LogP contribution in [0.4, 0.5) is 11.4 Å². The Bertz CT molecular complexity index is 1970. The van der Waals surface area contributed by atoms with Crippen molar-refractivity contribution in [3.05, 3.63) is 104 Å². The van der Waals surface area contributed by atoms with Gasteiger partial charge in [-0.15, -0.1) is 0 Å². The van der Waals surface area contributed by atoms with Crippen molar-refractivity contribution >= 4 is 37.3 Å². The van der Waals surface area contributed by atoms with Gasteiger partial charge in [0.05, 0.1) is 9.85 Å². The summed E-state index contributed by atoms with van der Waals surface area (Å²) in [5, 5.41) is 40.5. The van der Waals surface area contributed by atoms with Crippen LogP contribution in [0.5, 0.6) is 0 Å². The molecule has 256 valence electrons. The number of amides is 1. The molecule has 0 radical (unpaired) electrons. The summed E-state index contributed by atoms with van der Waals surface area (Å²) >= 11 is 0. The van der Waals surface area contributed by atoms with E-state index in [1.165, 1.54) is 42.5 Å². The summed E-state index contributed by atoms with van der Waals surface area (Å²) in [6, 6.07) is 10.4. The standard InChI is InChI=1S/C30H34N6O10S2/c1-20(2)29-30(37)31-23-12-3-4-13-24(23)32(47(43,44)27-16-7-5-14-25(27)35(39)40)18-21-10-9-11-22(34(21)38)19-33(29)48(45,46)28-17-8-6-15-26(28)36(41)42/h5-11,14-17,20,23-24,29H,3-4,12-13,18-19H2,1-2H3,(H,31,37)/t23-,24-,29-/m1/s1. The van der Waals surface area contributed by atoms with Crippen LogP contribution in [0.15, 0.2) is 76.5 Å². The molecule has 16 nitrogen and oxygen atoms in total. The zero-order valence-electron chi connectivity index (χ0n) is 26.0. The van der Waals surface area contributed by atoms with Crippen LogP contribution in [0.25, 0.3) is 0 Å². The lowest BCUT2D eigenvalue weighted by molar-refractivity contribution is -0.624. The molecule has 2 bridgehead atoms. The third kappa shape index (κ3) is 6.47. The van der Waals surface area contributed by atoms with Crippen LogP contribution in [0.3, 0.4) is 0 Å². The molecule has 0 saturated heterocycles. The van der Waals surface area contributed by atoms with Gasteiger partial charge in [-0.2, -0.15) is 13.3 Å². The molecule has 18 heteroatoms. The van der Waals surface area contributed by atoms with Crippen molar-refractivity contribution in [3.63, 3.8) is 0 Å². The molecule has 3 aromatic rings. The van der Waals surface area contributed by atoms with E-state index in [1.807, 2.05) is 0 Å². The Kier molecular flexibility index (Phi) is 9.82. The number of carbonyl (C=O) groups excluding carboxylic acids is 1. The molecule has 2 aliphatic rings. The van der Waals surface area contributed by atoms with Crippen molar-refractivity contribution in [1.82, 2.24) is 13.9 Å². The van der Waals surface area contributed by atoms with E-state index in [0.717, 1.165) is 32.9 Å². The van der Waals surface area contributed by atoms with Gasteiger partial charge < -0.3 is 10.5 Å². The number of nitrogens with zero attached hydrogens (tertiary/aromatic N) is 5. The molecule has 2 aromatic carbocycles. The van der Waals surface area contributed by atoms with Crippen LogP contribution in [-0.4, -0.2) is 59.3 Å². The summed E-state index contributed by atoms with van der Waals surface area (Å²) in [5.41, 5.74) is -1.65. The van der Waals surface area contributed by atoms with Gasteiger partial charge in [0.1, 0.15) is 19.1 Å². The second-order valence-electron chi connectivity index (χ2n) is 12.0. The quantitative estimate of drug-likeness (QED) is 0.164. The number of aromatic nitrogens is 1. The number of rotatable bonds is 7. The SMILES string of the molecule is CC(C)[C@@H]1C(=O)N[C@@H]2CCCC[C@H]2N(S(=O)(=O)c2ccccc2[N+](=O)[O-])Cc2cccc([n+]2[O-])CN1S(=O)(=O)c1ccccc1[N+](=O)[O-]. The topological polar surface area (TPSA) is 217 Å². The number of nitro benzene ring substituents is 2. The Morgan fingerprint density at radius 2 is 1.25 bits per heavy atom. The van der Waals surface area contributed by atoms with E-state index in [1.54, 1.807) is 13.8 Å². The maximum absolute atomic E-state index is 14.3. The van der Waals surface area contributed by atoms with Crippen LogP contribution < -0.4 is 10.0 Å². The highest BCUT2D eigenvalue weighted by Crippen LogP contribution is 2.35. The third-order valence-corrected chi connectivity index (χ3v) is 12.5. The zero-order valence-corrected chi connectivity index (χ0v) is 27.7. The molecular weight excluding hydrogens is 668 g/mol. The lowest BCUT2D eigenvalue weighted by Crippen LogP contribution is -2.61.